The van der Waals surface area contributed by atoms with Crippen LogP contribution in [0.3, 0.4) is 0 Å². The monoisotopic (exact) mass is 291 g/mol. The Morgan fingerprint density at radius 1 is 1.33 bits per heavy atom. The van der Waals surface area contributed by atoms with Gasteiger partial charge < -0.3 is 15.4 Å². The number of hydrogen-bond donors (Lipinski definition) is 1. The molecule has 2 rings (SSSR count). The normalized spacial score (nSPS) is 24.8. The molecule has 0 bridgehead atoms. The molecule has 0 saturated carbocycles. The third-order valence-electron chi connectivity index (χ3n) is 4.40. The van der Waals surface area contributed by atoms with Gasteiger partial charge in [-0.25, -0.2) is 0 Å². The molecule has 2 N–H and O–H groups in total. The van der Waals surface area contributed by atoms with Crippen molar-refractivity contribution in [2.45, 2.75) is 38.5 Å². The van der Waals surface area contributed by atoms with E-state index in [1.807, 2.05) is 0 Å². The summed E-state index contributed by atoms with van der Waals surface area (Å²) in [6.45, 7) is 6.77. The van der Waals surface area contributed by atoms with Crippen LogP contribution in [-0.2, 0) is 4.74 Å². The fourth-order valence-corrected chi connectivity index (χ4v) is 3.06. The molecule has 21 heavy (non-hydrogen) atoms. The summed E-state index contributed by atoms with van der Waals surface area (Å²) < 4.78 is 5.80. The predicted molar refractivity (Wildman–Crippen MR) is 88.8 cm³/mol. The van der Waals surface area contributed by atoms with E-state index in [0.717, 1.165) is 19.6 Å². The molecule has 3 unspecified atom stereocenters. The average Bonchev–Trinajstić information content (AvgIpc) is 2.49. The van der Waals surface area contributed by atoms with Crippen molar-refractivity contribution < 1.29 is 4.74 Å². The van der Waals surface area contributed by atoms with Gasteiger partial charge in [0.1, 0.15) is 0 Å². The van der Waals surface area contributed by atoms with Crippen LogP contribution >= 0.6 is 0 Å². The van der Waals surface area contributed by atoms with E-state index in [2.05, 4.69) is 62.0 Å². The van der Waals surface area contributed by atoms with Crippen molar-refractivity contribution in [3.8, 4) is 0 Å². The van der Waals surface area contributed by atoms with Crippen LogP contribution < -0.4 is 10.6 Å². The Hall–Kier alpha value is -1.10. The summed E-state index contributed by atoms with van der Waals surface area (Å²) in [6, 6.07) is 9.49. The molecular formula is C17H29N3O. The van der Waals surface area contributed by atoms with E-state index in [1.54, 1.807) is 0 Å². The zero-order valence-electron chi connectivity index (χ0n) is 13.7. The highest BCUT2D eigenvalue weighted by Gasteiger charge is 2.31. The van der Waals surface area contributed by atoms with Crippen molar-refractivity contribution in [3.63, 3.8) is 0 Å². The standard InChI is InChI=1S/C17H29N3O/c1-5-15-12-21-13(2)11-20(15)17(10-18)14-6-8-16(9-7-14)19(3)4/h6-9,13,15,17H,5,10-12,18H2,1-4H3. The fraction of sp³-hybridized carbons (Fsp3) is 0.647. The first-order valence-corrected chi connectivity index (χ1v) is 7.91. The van der Waals surface area contributed by atoms with Crippen molar-refractivity contribution >= 4 is 5.69 Å². The highest BCUT2D eigenvalue weighted by molar-refractivity contribution is 5.46. The SMILES string of the molecule is CCC1COC(C)CN1C(CN)c1ccc(N(C)C)cc1. The molecule has 1 fully saturated rings. The van der Waals surface area contributed by atoms with Crippen LogP contribution in [0.2, 0.25) is 0 Å². The minimum atomic E-state index is 0.275. The average molecular weight is 291 g/mol. The molecule has 0 radical (unpaired) electrons. The zero-order chi connectivity index (χ0) is 15.4. The highest BCUT2D eigenvalue weighted by Crippen LogP contribution is 2.28. The van der Waals surface area contributed by atoms with E-state index >= 15 is 0 Å². The second-order valence-electron chi connectivity index (χ2n) is 6.14. The quantitative estimate of drug-likeness (QED) is 0.903. The van der Waals surface area contributed by atoms with Crippen molar-refractivity contribution in [1.82, 2.24) is 4.90 Å². The van der Waals surface area contributed by atoms with Gasteiger partial charge in [0.15, 0.2) is 0 Å². The summed E-state index contributed by atoms with van der Waals surface area (Å²) in [6.07, 6.45) is 1.38. The fourth-order valence-electron chi connectivity index (χ4n) is 3.06. The molecule has 0 spiro atoms. The first kappa shape index (κ1) is 16.3. The summed E-state index contributed by atoms with van der Waals surface area (Å²) in [5.41, 5.74) is 8.62. The molecule has 0 aliphatic carbocycles. The topological polar surface area (TPSA) is 41.7 Å². The molecule has 1 saturated heterocycles. The van der Waals surface area contributed by atoms with E-state index in [0.29, 0.717) is 12.6 Å². The minimum Gasteiger partial charge on any atom is -0.378 e. The Balaban J connectivity index is 2.20. The van der Waals surface area contributed by atoms with Crippen molar-refractivity contribution in [1.29, 1.82) is 0 Å². The number of morpholine rings is 1. The van der Waals surface area contributed by atoms with E-state index in [4.69, 9.17) is 10.5 Å². The van der Waals surface area contributed by atoms with E-state index < -0.39 is 0 Å². The summed E-state index contributed by atoms with van der Waals surface area (Å²) in [7, 11) is 4.12. The maximum absolute atomic E-state index is 6.10. The Labute approximate surface area is 128 Å². The van der Waals surface area contributed by atoms with Gasteiger partial charge in [0.05, 0.1) is 12.7 Å². The molecule has 1 aromatic rings. The molecule has 0 amide bonds. The lowest BCUT2D eigenvalue weighted by atomic mass is 10.00. The van der Waals surface area contributed by atoms with Gasteiger partial charge in [-0.2, -0.15) is 0 Å². The third-order valence-corrected chi connectivity index (χ3v) is 4.40. The van der Waals surface area contributed by atoms with Crippen LogP contribution in [0.25, 0.3) is 0 Å². The maximum Gasteiger partial charge on any atom is 0.0675 e. The van der Waals surface area contributed by atoms with E-state index in [9.17, 15) is 0 Å². The van der Waals surface area contributed by atoms with Crippen LogP contribution in [0.1, 0.15) is 31.9 Å². The lowest BCUT2D eigenvalue weighted by Gasteiger charge is -2.43. The molecule has 1 aromatic carbocycles. The van der Waals surface area contributed by atoms with Crippen molar-refractivity contribution in [2.24, 2.45) is 5.73 Å². The molecule has 1 aliphatic rings. The molecule has 3 atom stereocenters. The lowest BCUT2D eigenvalue weighted by molar-refractivity contribution is -0.0719. The van der Waals surface area contributed by atoms with Gasteiger partial charge in [-0.1, -0.05) is 19.1 Å². The second kappa shape index (κ2) is 7.25. The number of rotatable bonds is 5. The summed E-state index contributed by atoms with van der Waals surface area (Å²) in [5.74, 6) is 0. The zero-order valence-corrected chi connectivity index (χ0v) is 13.7. The number of benzene rings is 1. The van der Waals surface area contributed by atoms with Gasteiger partial charge in [0, 0.05) is 45.0 Å². The Morgan fingerprint density at radius 2 is 2.00 bits per heavy atom. The van der Waals surface area contributed by atoms with Gasteiger partial charge >= 0.3 is 0 Å². The molecule has 118 valence electrons. The second-order valence-corrected chi connectivity index (χ2v) is 6.14. The number of nitrogens with zero attached hydrogens (tertiary/aromatic N) is 2. The third kappa shape index (κ3) is 3.76. The van der Waals surface area contributed by atoms with Crippen molar-refractivity contribution in [2.75, 3.05) is 38.7 Å². The van der Waals surface area contributed by atoms with Crippen LogP contribution in [0, 0.1) is 0 Å². The lowest BCUT2D eigenvalue weighted by Crippen LogP contribution is -2.51. The summed E-state index contributed by atoms with van der Waals surface area (Å²) in [4.78, 5) is 4.64. The molecule has 0 aromatic heterocycles. The predicted octanol–water partition coefficient (Wildman–Crippen LogP) is 2.25. The van der Waals surface area contributed by atoms with Gasteiger partial charge in [-0.05, 0) is 31.0 Å². The Bertz CT molecular complexity index is 432. The Kier molecular flexibility index (Phi) is 5.62. The van der Waals surface area contributed by atoms with Crippen LogP contribution in [0.15, 0.2) is 24.3 Å². The van der Waals surface area contributed by atoms with Gasteiger partial charge in [-0.15, -0.1) is 0 Å². The maximum atomic E-state index is 6.10. The Morgan fingerprint density at radius 3 is 2.52 bits per heavy atom. The number of anilines is 1. The van der Waals surface area contributed by atoms with Crippen LogP contribution in [-0.4, -0.2) is 50.8 Å². The van der Waals surface area contributed by atoms with Gasteiger partial charge in [0.2, 0.25) is 0 Å². The number of nitrogens with two attached hydrogens (primary N) is 1. The van der Waals surface area contributed by atoms with Crippen molar-refractivity contribution in [3.05, 3.63) is 29.8 Å². The van der Waals surface area contributed by atoms with Gasteiger partial charge in [0.25, 0.3) is 0 Å². The summed E-state index contributed by atoms with van der Waals surface area (Å²) >= 11 is 0. The first-order chi connectivity index (χ1) is 10.1. The highest BCUT2D eigenvalue weighted by atomic mass is 16.5. The van der Waals surface area contributed by atoms with E-state index in [-0.39, 0.29) is 12.1 Å². The molecule has 4 heteroatoms. The summed E-state index contributed by atoms with van der Waals surface area (Å²) in [5, 5.41) is 0. The largest absolute Gasteiger partial charge is 0.378 e. The number of ether oxygens (including phenoxy) is 1. The molecular weight excluding hydrogens is 262 g/mol. The smallest absolute Gasteiger partial charge is 0.0675 e. The van der Waals surface area contributed by atoms with Crippen LogP contribution in [0.4, 0.5) is 5.69 Å². The number of hydrogen-bond acceptors (Lipinski definition) is 4. The molecule has 1 heterocycles. The minimum absolute atomic E-state index is 0.275. The van der Waals surface area contributed by atoms with E-state index in [1.165, 1.54) is 11.3 Å². The first-order valence-electron chi connectivity index (χ1n) is 7.91. The van der Waals surface area contributed by atoms with Crippen LogP contribution in [0.5, 0.6) is 0 Å². The van der Waals surface area contributed by atoms with Gasteiger partial charge in [-0.3, -0.25) is 4.90 Å². The molecule has 4 nitrogen and oxygen atoms in total. The molecule has 1 aliphatic heterocycles.